The minimum absolute atomic E-state index is 0.131. The van der Waals surface area contributed by atoms with E-state index in [-0.39, 0.29) is 11.9 Å². The molecule has 0 aromatic carbocycles. The lowest BCUT2D eigenvalue weighted by molar-refractivity contribution is 0.705. The molecule has 0 bridgehead atoms. The first-order chi connectivity index (χ1) is 7.22. The SMILES string of the molecule is NCCCCCNc1nc(N)nc(N)n1. The predicted molar refractivity (Wildman–Crippen MR) is 60.0 cm³/mol. The number of aromatic nitrogens is 3. The Labute approximate surface area is 88.5 Å². The molecule has 1 aromatic heterocycles. The average Bonchev–Trinajstić information content (AvgIpc) is 2.16. The third-order valence-corrected chi connectivity index (χ3v) is 1.83. The Kier molecular flexibility index (Phi) is 4.55. The van der Waals surface area contributed by atoms with Crippen LogP contribution in [0.3, 0.4) is 0 Å². The Bertz CT molecular complexity index is 281. The number of nitrogens with zero attached hydrogens (tertiary/aromatic N) is 3. The lowest BCUT2D eigenvalue weighted by atomic mass is 10.2. The maximum Gasteiger partial charge on any atom is 0.229 e. The first-order valence-electron chi connectivity index (χ1n) is 4.93. The van der Waals surface area contributed by atoms with Crippen molar-refractivity contribution in [1.29, 1.82) is 0 Å². The van der Waals surface area contributed by atoms with Crippen molar-refractivity contribution in [3.63, 3.8) is 0 Å². The van der Waals surface area contributed by atoms with E-state index in [1.54, 1.807) is 0 Å². The molecule has 0 aliphatic carbocycles. The van der Waals surface area contributed by atoms with Crippen LogP contribution >= 0.6 is 0 Å². The molecule has 0 fully saturated rings. The number of nitrogen functional groups attached to an aromatic ring is 2. The Morgan fingerprint density at radius 3 is 2.20 bits per heavy atom. The zero-order chi connectivity index (χ0) is 11.1. The van der Waals surface area contributed by atoms with Gasteiger partial charge in [0.05, 0.1) is 0 Å². The van der Waals surface area contributed by atoms with Gasteiger partial charge in [-0.25, -0.2) is 0 Å². The summed E-state index contributed by atoms with van der Waals surface area (Å²) in [4.78, 5) is 11.5. The minimum atomic E-state index is 0.131. The molecule has 0 saturated heterocycles. The molecule has 0 unspecified atom stereocenters. The molecule has 0 amide bonds. The molecule has 0 atom stereocenters. The van der Waals surface area contributed by atoms with E-state index in [0.29, 0.717) is 5.95 Å². The Morgan fingerprint density at radius 2 is 1.60 bits per heavy atom. The van der Waals surface area contributed by atoms with Gasteiger partial charge in [0.15, 0.2) is 0 Å². The number of nitrogens with one attached hydrogen (secondary N) is 1. The molecule has 0 aliphatic rings. The van der Waals surface area contributed by atoms with Crippen LogP contribution in [-0.2, 0) is 0 Å². The Balaban J connectivity index is 2.31. The van der Waals surface area contributed by atoms with Gasteiger partial charge < -0.3 is 22.5 Å². The van der Waals surface area contributed by atoms with E-state index in [0.717, 1.165) is 32.4 Å². The molecule has 1 heterocycles. The third-order valence-electron chi connectivity index (χ3n) is 1.83. The molecule has 0 radical (unpaired) electrons. The minimum Gasteiger partial charge on any atom is -0.368 e. The van der Waals surface area contributed by atoms with Crippen LogP contribution < -0.4 is 22.5 Å². The molecule has 1 aromatic rings. The van der Waals surface area contributed by atoms with E-state index >= 15 is 0 Å². The van der Waals surface area contributed by atoms with Gasteiger partial charge in [-0.2, -0.15) is 15.0 Å². The lowest BCUT2D eigenvalue weighted by Crippen LogP contribution is -2.10. The standard InChI is InChI=1S/C8H17N7/c9-4-2-1-3-5-12-8-14-6(10)13-7(11)15-8/h1-5,9H2,(H5,10,11,12,13,14,15). The van der Waals surface area contributed by atoms with E-state index in [1.165, 1.54) is 0 Å². The van der Waals surface area contributed by atoms with Crippen molar-refractivity contribution < 1.29 is 0 Å². The Morgan fingerprint density at radius 1 is 0.933 bits per heavy atom. The summed E-state index contributed by atoms with van der Waals surface area (Å²) in [5, 5.41) is 3.02. The second-order valence-electron chi connectivity index (χ2n) is 3.15. The van der Waals surface area contributed by atoms with Gasteiger partial charge in [0.2, 0.25) is 17.8 Å². The number of hydrogen-bond acceptors (Lipinski definition) is 7. The second kappa shape index (κ2) is 5.97. The highest BCUT2D eigenvalue weighted by Gasteiger charge is 1.99. The molecule has 7 nitrogen and oxygen atoms in total. The molecule has 15 heavy (non-hydrogen) atoms. The predicted octanol–water partition coefficient (Wildman–Crippen LogP) is -0.423. The maximum absolute atomic E-state index is 5.41. The number of unbranched alkanes of at least 4 members (excludes halogenated alkanes) is 2. The van der Waals surface area contributed by atoms with Crippen molar-refractivity contribution in [3.8, 4) is 0 Å². The van der Waals surface area contributed by atoms with Crippen molar-refractivity contribution in [1.82, 2.24) is 15.0 Å². The largest absolute Gasteiger partial charge is 0.368 e. The molecule has 84 valence electrons. The monoisotopic (exact) mass is 211 g/mol. The van der Waals surface area contributed by atoms with Gasteiger partial charge in [0.1, 0.15) is 0 Å². The number of nitrogens with two attached hydrogens (primary N) is 3. The van der Waals surface area contributed by atoms with E-state index < -0.39 is 0 Å². The molecule has 7 N–H and O–H groups in total. The third kappa shape index (κ3) is 4.41. The van der Waals surface area contributed by atoms with Gasteiger partial charge in [0.25, 0.3) is 0 Å². The summed E-state index contributed by atoms with van der Waals surface area (Å²) in [6.45, 7) is 1.51. The van der Waals surface area contributed by atoms with E-state index in [9.17, 15) is 0 Å². The van der Waals surface area contributed by atoms with Crippen LogP contribution in [0.1, 0.15) is 19.3 Å². The first-order valence-corrected chi connectivity index (χ1v) is 4.93. The van der Waals surface area contributed by atoms with E-state index in [2.05, 4.69) is 20.3 Å². The van der Waals surface area contributed by atoms with Crippen LogP contribution in [0.25, 0.3) is 0 Å². The van der Waals surface area contributed by atoms with E-state index in [1.807, 2.05) is 0 Å². The summed E-state index contributed by atoms with van der Waals surface area (Å²) >= 11 is 0. The summed E-state index contributed by atoms with van der Waals surface area (Å²) in [5.74, 6) is 0.687. The highest BCUT2D eigenvalue weighted by molar-refractivity contribution is 5.36. The van der Waals surface area contributed by atoms with Crippen molar-refractivity contribution in [2.24, 2.45) is 5.73 Å². The van der Waals surface area contributed by atoms with Gasteiger partial charge in [0, 0.05) is 6.54 Å². The number of anilines is 3. The zero-order valence-corrected chi connectivity index (χ0v) is 8.61. The number of rotatable bonds is 6. The fourth-order valence-electron chi connectivity index (χ4n) is 1.13. The Hall–Kier alpha value is -1.63. The zero-order valence-electron chi connectivity index (χ0n) is 8.61. The molecule has 0 saturated carbocycles. The number of hydrogen-bond donors (Lipinski definition) is 4. The molecule has 0 aliphatic heterocycles. The topological polar surface area (TPSA) is 129 Å². The summed E-state index contributed by atoms with van der Waals surface area (Å²) in [6.07, 6.45) is 3.13. The quantitative estimate of drug-likeness (QED) is 0.470. The fraction of sp³-hybridized carbons (Fsp3) is 0.625. The van der Waals surface area contributed by atoms with Gasteiger partial charge in [-0.15, -0.1) is 0 Å². The van der Waals surface area contributed by atoms with Crippen LogP contribution in [0, 0.1) is 0 Å². The summed E-state index contributed by atoms with van der Waals surface area (Å²) in [6, 6.07) is 0. The molecule has 0 spiro atoms. The van der Waals surface area contributed by atoms with Crippen LogP contribution in [0.5, 0.6) is 0 Å². The average molecular weight is 211 g/mol. The molecular formula is C8H17N7. The molecule has 7 heteroatoms. The summed E-state index contributed by atoms with van der Waals surface area (Å²) in [7, 11) is 0. The van der Waals surface area contributed by atoms with Crippen molar-refractivity contribution in [3.05, 3.63) is 0 Å². The summed E-state index contributed by atoms with van der Waals surface area (Å²) < 4.78 is 0. The van der Waals surface area contributed by atoms with Crippen LogP contribution in [0.4, 0.5) is 17.8 Å². The second-order valence-corrected chi connectivity index (χ2v) is 3.15. The highest BCUT2D eigenvalue weighted by atomic mass is 15.2. The van der Waals surface area contributed by atoms with Gasteiger partial charge in [-0.05, 0) is 19.4 Å². The van der Waals surface area contributed by atoms with Crippen LogP contribution in [0.2, 0.25) is 0 Å². The maximum atomic E-state index is 5.41. The highest BCUT2D eigenvalue weighted by Crippen LogP contribution is 2.03. The smallest absolute Gasteiger partial charge is 0.229 e. The van der Waals surface area contributed by atoms with Crippen molar-refractivity contribution in [2.45, 2.75) is 19.3 Å². The van der Waals surface area contributed by atoms with Crippen LogP contribution in [-0.4, -0.2) is 28.0 Å². The lowest BCUT2D eigenvalue weighted by Gasteiger charge is -2.04. The van der Waals surface area contributed by atoms with Crippen molar-refractivity contribution in [2.75, 3.05) is 29.9 Å². The fourth-order valence-corrected chi connectivity index (χ4v) is 1.13. The van der Waals surface area contributed by atoms with Gasteiger partial charge >= 0.3 is 0 Å². The first kappa shape index (κ1) is 11.4. The van der Waals surface area contributed by atoms with Crippen molar-refractivity contribution >= 4 is 17.8 Å². The van der Waals surface area contributed by atoms with E-state index in [4.69, 9.17) is 17.2 Å². The van der Waals surface area contributed by atoms with Gasteiger partial charge in [-0.3, -0.25) is 0 Å². The molecular weight excluding hydrogens is 194 g/mol. The summed E-state index contributed by atoms with van der Waals surface area (Å²) in [5.41, 5.74) is 16.2. The van der Waals surface area contributed by atoms with Gasteiger partial charge in [-0.1, -0.05) is 6.42 Å². The normalized spacial score (nSPS) is 10.2. The molecule has 1 rings (SSSR count). The van der Waals surface area contributed by atoms with Crippen LogP contribution in [0.15, 0.2) is 0 Å².